The van der Waals surface area contributed by atoms with Crippen LogP contribution >= 0.6 is 23.2 Å². The van der Waals surface area contributed by atoms with Crippen molar-refractivity contribution in [1.29, 1.82) is 0 Å². The van der Waals surface area contributed by atoms with Crippen molar-refractivity contribution in [3.05, 3.63) is 40.1 Å². The summed E-state index contributed by atoms with van der Waals surface area (Å²) in [6, 6.07) is 4.60. The van der Waals surface area contributed by atoms with Crippen LogP contribution in [0.5, 0.6) is 5.75 Å². The Morgan fingerprint density at radius 3 is 3.04 bits per heavy atom. The first-order chi connectivity index (χ1) is 12.0. The predicted molar refractivity (Wildman–Crippen MR) is 93.9 cm³/mol. The summed E-state index contributed by atoms with van der Waals surface area (Å²) in [6.07, 6.45) is 2.84. The maximum atomic E-state index is 10.1. The zero-order valence-corrected chi connectivity index (χ0v) is 15.0. The Kier molecular flexibility index (Phi) is 6.14. The van der Waals surface area contributed by atoms with Gasteiger partial charge in [0.25, 0.3) is 0 Å². The lowest BCUT2D eigenvalue weighted by molar-refractivity contribution is 0.0880. The first kappa shape index (κ1) is 18.4. The van der Waals surface area contributed by atoms with Crippen molar-refractivity contribution in [1.82, 2.24) is 15.0 Å². The summed E-state index contributed by atoms with van der Waals surface area (Å²) >= 11 is 11.9. The molecule has 0 amide bonds. The molecule has 3 N–H and O–H groups in total. The largest absolute Gasteiger partial charge is 0.489 e. The molecule has 9 heteroatoms. The Balaban J connectivity index is 1.52. The van der Waals surface area contributed by atoms with E-state index in [0.717, 1.165) is 19.4 Å². The molecule has 1 aromatic carbocycles. The number of aliphatic hydroxyl groups excluding tert-OH is 1. The molecule has 0 bridgehead atoms. The van der Waals surface area contributed by atoms with Crippen molar-refractivity contribution in [3.63, 3.8) is 0 Å². The minimum atomic E-state index is -0.788. The van der Waals surface area contributed by atoms with E-state index in [4.69, 9.17) is 38.4 Å². The highest BCUT2D eigenvalue weighted by Crippen LogP contribution is 2.28. The fourth-order valence-electron chi connectivity index (χ4n) is 2.67. The molecule has 136 valence electrons. The number of hydrogen-bond donors (Lipinski definition) is 2. The highest BCUT2D eigenvalue weighted by atomic mass is 35.5. The zero-order chi connectivity index (χ0) is 17.8. The first-order valence-electron chi connectivity index (χ1n) is 8.06. The summed E-state index contributed by atoms with van der Waals surface area (Å²) in [5.41, 5.74) is 6.81. The maximum absolute atomic E-state index is 10.1. The molecule has 2 heterocycles. The molecular formula is C16H20Cl2N4O3. The van der Waals surface area contributed by atoms with Crippen molar-refractivity contribution in [2.75, 3.05) is 13.2 Å². The lowest BCUT2D eigenvalue weighted by atomic mass is 10.1. The molecule has 1 aromatic heterocycles. The third-order valence-electron chi connectivity index (χ3n) is 3.99. The minimum absolute atomic E-state index is 0.0247. The third-order valence-corrected chi connectivity index (χ3v) is 4.53. The van der Waals surface area contributed by atoms with Crippen molar-refractivity contribution in [3.8, 4) is 5.75 Å². The van der Waals surface area contributed by atoms with Gasteiger partial charge in [0.05, 0.1) is 29.9 Å². The summed E-state index contributed by atoms with van der Waals surface area (Å²) in [6.45, 7) is 1.01. The highest BCUT2D eigenvalue weighted by molar-refractivity contribution is 6.34. The number of aromatic nitrogens is 3. The average Bonchev–Trinajstić information content (AvgIpc) is 3.27. The molecule has 2 aromatic rings. The normalized spacial score (nSPS) is 19.8. The van der Waals surface area contributed by atoms with Crippen molar-refractivity contribution in [2.45, 2.75) is 37.6 Å². The number of rotatable bonds is 7. The van der Waals surface area contributed by atoms with Crippen LogP contribution in [0.3, 0.4) is 0 Å². The maximum Gasteiger partial charge on any atom is 0.139 e. The second kappa shape index (κ2) is 8.33. The number of halogens is 2. The average molecular weight is 387 g/mol. The highest BCUT2D eigenvalue weighted by Gasteiger charge is 2.26. The van der Waals surface area contributed by atoms with Crippen LogP contribution < -0.4 is 10.5 Å². The molecule has 0 radical (unpaired) electrons. The van der Waals surface area contributed by atoms with Gasteiger partial charge in [0.15, 0.2) is 0 Å². The van der Waals surface area contributed by atoms with Crippen LogP contribution in [0.15, 0.2) is 24.4 Å². The van der Waals surface area contributed by atoms with Crippen LogP contribution in [0.1, 0.15) is 24.6 Å². The number of nitrogens with two attached hydrogens (primary N) is 1. The van der Waals surface area contributed by atoms with Crippen LogP contribution in [-0.2, 0) is 11.3 Å². The molecule has 3 atom stereocenters. The summed E-state index contributed by atoms with van der Waals surface area (Å²) in [4.78, 5) is 0. The lowest BCUT2D eigenvalue weighted by Gasteiger charge is -2.15. The van der Waals surface area contributed by atoms with E-state index in [1.807, 2.05) is 0 Å². The van der Waals surface area contributed by atoms with E-state index in [9.17, 15) is 5.11 Å². The Morgan fingerprint density at radius 2 is 2.28 bits per heavy atom. The van der Waals surface area contributed by atoms with E-state index in [-0.39, 0.29) is 25.3 Å². The van der Waals surface area contributed by atoms with Gasteiger partial charge in [0.1, 0.15) is 24.2 Å². The van der Waals surface area contributed by atoms with Gasteiger partial charge >= 0.3 is 0 Å². The van der Waals surface area contributed by atoms with Gasteiger partial charge in [-0.2, -0.15) is 0 Å². The van der Waals surface area contributed by atoms with E-state index in [1.165, 1.54) is 4.68 Å². The van der Waals surface area contributed by atoms with E-state index in [1.54, 1.807) is 24.4 Å². The molecule has 0 saturated carbocycles. The molecule has 1 fully saturated rings. The number of benzene rings is 1. The van der Waals surface area contributed by atoms with Crippen molar-refractivity contribution < 1.29 is 14.6 Å². The van der Waals surface area contributed by atoms with Gasteiger partial charge in [0.2, 0.25) is 0 Å². The second-order valence-electron chi connectivity index (χ2n) is 5.98. The summed E-state index contributed by atoms with van der Waals surface area (Å²) in [5, 5.41) is 19.2. The molecule has 0 spiro atoms. The number of hydrogen-bond acceptors (Lipinski definition) is 6. The van der Waals surface area contributed by atoms with Crippen LogP contribution in [0.4, 0.5) is 0 Å². The van der Waals surface area contributed by atoms with Gasteiger partial charge < -0.3 is 20.3 Å². The SMILES string of the molecule is NC(c1cn(CC(O)COc2cc(Cl)ccc2Cl)nn1)C1CCCO1. The standard InChI is InChI=1S/C16H20Cl2N4O3/c17-10-3-4-12(18)15(6-10)25-9-11(23)7-22-8-13(20-21-22)16(19)14-2-1-5-24-14/h3-4,6,8,11,14,16,23H,1-2,5,7,9,19H2. The van der Waals surface area contributed by atoms with Gasteiger partial charge in [-0.3, -0.25) is 0 Å². The van der Waals surface area contributed by atoms with Crippen LogP contribution in [0, 0.1) is 0 Å². The molecule has 7 nitrogen and oxygen atoms in total. The molecular weight excluding hydrogens is 367 g/mol. The molecule has 3 rings (SSSR count). The van der Waals surface area contributed by atoms with E-state index in [2.05, 4.69) is 10.3 Å². The molecule has 0 aliphatic carbocycles. The Labute approximate surface area is 155 Å². The first-order valence-corrected chi connectivity index (χ1v) is 8.81. The Hall–Kier alpha value is -1.38. The molecule has 3 unspecified atom stereocenters. The quantitative estimate of drug-likeness (QED) is 0.757. The summed E-state index contributed by atoms with van der Waals surface area (Å²) in [5.74, 6) is 0.424. The lowest BCUT2D eigenvalue weighted by Crippen LogP contribution is -2.26. The number of nitrogens with zero attached hydrogens (tertiary/aromatic N) is 3. The monoisotopic (exact) mass is 386 g/mol. The molecule has 1 aliphatic heterocycles. The Morgan fingerprint density at radius 1 is 1.44 bits per heavy atom. The fourth-order valence-corrected chi connectivity index (χ4v) is 3.01. The van der Waals surface area contributed by atoms with Crippen molar-refractivity contribution in [2.24, 2.45) is 5.73 Å². The Bertz CT molecular complexity index is 706. The van der Waals surface area contributed by atoms with Crippen LogP contribution in [0.25, 0.3) is 0 Å². The van der Waals surface area contributed by atoms with E-state index in [0.29, 0.717) is 21.5 Å². The summed E-state index contributed by atoms with van der Waals surface area (Å²) < 4.78 is 12.6. The van der Waals surface area contributed by atoms with Crippen molar-refractivity contribution >= 4 is 23.2 Å². The van der Waals surface area contributed by atoms with Crippen LogP contribution in [0.2, 0.25) is 10.0 Å². The van der Waals surface area contributed by atoms with Gasteiger partial charge in [-0.15, -0.1) is 5.10 Å². The molecule has 25 heavy (non-hydrogen) atoms. The predicted octanol–water partition coefficient (Wildman–Crippen LogP) is 2.20. The van der Waals surface area contributed by atoms with E-state index >= 15 is 0 Å². The van der Waals surface area contributed by atoms with Gasteiger partial charge in [-0.1, -0.05) is 28.4 Å². The number of aliphatic hydroxyl groups is 1. The van der Waals surface area contributed by atoms with Crippen LogP contribution in [-0.4, -0.2) is 45.5 Å². The topological polar surface area (TPSA) is 95.4 Å². The molecule has 1 saturated heterocycles. The second-order valence-corrected chi connectivity index (χ2v) is 6.83. The fraction of sp³-hybridized carbons (Fsp3) is 0.500. The zero-order valence-electron chi connectivity index (χ0n) is 13.5. The third kappa shape index (κ3) is 4.83. The smallest absolute Gasteiger partial charge is 0.139 e. The van der Waals surface area contributed by atoms with Gasteiger partial charge in [-0.25, -0.2) is 4.68 Å². The summed E-state index contributed by atoms with van der Waals surface area (Å²) in [7, 11) is 0. The van der Waals surface area contributed by atoms with E-state index < -0.39 is 6.10 Å². The molecule has 1 aliphatic rings. The number of ether oxygens (including phenoxy) is 2. The van der Waals surface area contributed by atoms with Gasteiger partial charge in [-0.05, 0) is 25.0 Å². The minimum Gasteiger partial charge on any atom is -0.489 e. The van der Waals surface area contributed by atoms with Gasteiger partial charge in [0, 0.05) is 17.7 Å².